The first-order valence-corrected chi connectivity index (χ1v) is 8.08. The predicted molar refractivity (Wildman–Crippen MR) is 85.6 cm³/mol. The number of allylic oxidation sites excluding steroid dienone is 2. The van der Waals surface area contributed by atoms with Crippen LogP contribution in [0.4, 0.5) is 5.13 Å². The summed E-state index contributed by atoms with van der Waals surface area (Å²) in [5.41, 5.74) is 6.73. The first-order chi connectivity index (χ1) is 9.96. The maximum absolute atomic E-state index is 11.2. The number of anilines is 1. The molecule has 0 aromatic carbocycles. The van der Waals surface area contributed by atoms with E-state index in [1.54, 1.807) is 5.38 Å². The topological polar surface area (TPSA) is 79.4 Å². The van der Waals surface area contributed by atoms with E-state index in [-0.39, 0.29) is 12.0 Å². The first-order valence-electron chi connectivity index (χ1n) is 7.20. The summed E-state index contributed by atoms with van der Waals surface area (Å²) in [6.07, 6.45) is 5.09. The highest BCUT2D eigenvalue weighted by atomic mass is 32.1. The van der Waals surface area contributed by atoms with Crippen LogP contribution >= 0.6 is 11.3 Å². The van der Waals surface area contributed by atoms with Gasteiger partial charge in [0.2, 0.25) is 0 Å². The number of thiazole rings is 1. The third-order valence-corrected chi connectivity index (χ3v) is 4.86. The highest BCUT2D eigenvalue weighted by Crippen LogP contribution is 2.36. The molecule has 21 heavy (non-hydrogen) atoms. The number of amides is 1. The zero-order valence-corrected chi connectivity index (χ0v) is 13.4. The molecule has 1 aromatic heterocycles. The Morgan fingerprint density at radius 3 is 2.95 bits per heavy atom. The summed E-state index contributed by atoms with van der Waals surface area (Å²) < 4.78 is 0. The lowest BCUT2D eigenvalue weighted by atomic mass is 9.77. The number of carbonyl (C=O) groups is 1. The molecule has 2 heterocycles. The summed E-state index contributed by atoms with van der Waals surface area (Å²) in [7, 11) is 0. The summed E-state index contributed by atoms with van der Waals surface area (Å²) in [5, 5.41) is 12.4. The summed E-state index contributed by atoms with van der Waals surface area (Å²) in [5.74, 6) is -0.493. The van der Waals surface area contributed by atoms with Crippen LogP contribution in [0.25, 0.3) is 0 Å². The van der Waals surface area contributed by atoms with Crippen LogP contribution in [-0.2, 0) is 0 Å². The predicted octanol–water partition coefficient (Wildman–Crippen LogP) is 2.18. The second-order valence-corrected chi connectivity index (χ2v) is 6.88. The maximum Gasteiger partial charge on any atom is 0.268 e. The molecular formula is C15H23N3O2S. The van der Waals surface area contributed by atoms with Crippen molar-refractivity contribution < 1.29 is 9.90 Å². The van der Waals surface area contributed by atoms with Crippen LogP contribution in [0, 0.1) is 5.41 Å². The lowest BCUT2D eigenvalue weighted by molar-refractivity contribution is 0.0995. The van der Waals surface area contributed by atoms with E-state index in [1.165, 1.54) is 16.9 Å². The highest BCUT2D eigenvalue weighted by Gasteiger charge is 2.35. The number of nitrogens with two attached hydrogens (primary N) is 1. The Balaban J connectivity index is 2.14. The Morgan fingerprint density at radius 2 is 2.38 bits per heavy atom. The van der Waals surface area contributed by atoms with Gasteiger partial charge in [-0.05, 0) is 33.1 Å². The summed E-state index contributed by atoms with van der Waals surface area (Å²) in [6, 6.07) is 0. The van der Waals surface area contributed by atoms with Crippen LogP contribution in [0.1, 0.15) is 43.6 Å². The summed E-state index contributed by atoms with van der Waals surface area (Å²) in [6.45, 7) is 5.99. The molecule has 0 bridgehead atoms. The monoisotopic (exact) mass is 309 g/mol. The normalized spacial score (nSPS) is 22.1. The zero-order chi connectivity index (χ0) is 15.5. The van der Waals surface area contributed by atoms with Crippen molar-refractivity contribution in [2.24, 2.45) is 11.1 Å². The molecule has 1 aliphatic heterocycles. The number of aliphatic hydroxyl groups excluding tert-OH is 1. The molecule has 0 saturated carbocycles. The first kappa shape index (κ1) is 16.0. The van der Waals surface area contributed by atoms with Crippen LogP contribution in [0.3, 0.4) is 0 Å². The molecule has 5 nitrogen and oxygen atoms in total. The van der Waals surface area contributed by atoms with E-state index in [9.17, 15) is 9.90 Å². The highest BCUT2D eigenvalue weighted by molar-refractivity contribution is 7.13. The minimum absolute atomic E-state index is 0.117. The number of piperidine rings is 1. The van der Waals surface area contributed by atoms with Crippen molar-refractivity contribution in [1.29, 1.82) is 0 Å². The molecule has 6 heteroatoms. The number of aromatic nitrogens is 1. The van der Waals surface area contributed by atoms with Gasteiger partial charge in [0.1, 0.15) is 5.69 Å². The smallest absolute Gasteiger partial charge is 0.268 e. The number of hydrogen-bond donors (Lipinski definition) is 2. The summed E-state index contributed by atoms with van der Waals surface area (Å²) >= 11 is 1.44. The molecule has 1 aromatic rings. The van der Waals surface area contributed by atoms with Crippen molar-refractivity contribution in [3.8, 4) is 0 Å². The number of rotatable bonds is 5. The van der Waals surface area contributed by atoms with Crippen LogP contribution in [0.15, 0.2) is 17.0 Å². The second kappa shape index (κ2) is 6.58. The molecule has 1 aliphatic rings. The SMILES string of the molecule is CC(C)=CC[C@@]1(CO)CCCN(c2nc(C(N)=O)cs2)C1. The number of carbonyl (C=O) groups excluding carboxylic acids is 1. The fourth-order valence-corrected chi connectivity index (χ4v) is 3.52. The zero-order valence-electron chi connectivity index (χ0n) is 12.6. The Labute approximate surface area is 129 Å². The van der Waals surface area contributed by atoms with E-state index in [0.29, 0.717) is 5.69 Å². The van der Waals surface area contributed by atoms with Gasteiger partial charge in [-0.3, -0.25) is 4.79 Å². The lowest BCUT2D eigenvalue weighted by Gasteiger charge is -2.41. The number of primary amides is 1. The van der Waals surface area contributed by atoms with E-state index < -0.39 is 5.91 Å². The molecule has 1 amide bonds. The molecule has 1 atom stereocenters. The van der Waals surface area contributed by atoms with Crippen LogP contribution < -0.4 is 10.6 Å². The Hall–Kier alpha value is -1.40. The Bertz CT molecular complexity index is 537. The van der Waals surface area contributed by atoms with Gasteiger partial charge in [-0.2, -0.15) is 0 Å². The van der Waals surface area contributed by atoms with Gasteiger partial charge in [-0.25, -0.2) is 4.98 Å². The quantitative estimate of drug-likeness (QED) is 0.817. The van der Waals surface area contributed by atoms with E-state index in [1.807, 2.05) is 0 Å². The van der Waals surface area contributed by atoms with Gasteiger partial charge in [0.05, 0.1) is 6.61 Å². The lowest BCUT2D eigenvalue weighted by Crippen LogP contribution is -2.45. The van der Waals surface area contributed by atoms with Gasteiger partial charge in [-0.1, -0.05) is 11.6 Å². The minimum atomic E-state index is -0.493. The van der Waals surface area contributed by atoms with E-state index in [2.05, 4.69) is 29.8 Å². The van der Waals surface area contributed by atoms with Crippen molar-refractivity contribution in [2.75, 3.05) is 24.6 Å². The summed E-state index contributed by atoms with van der Waals surface area (Å²) in [4.78, 5) is 17.6. The molecule has 1 saturated heterocycles. The van der Waals surface area contributed by atoms with Gasteiger partial charge in [0, 0.05) is 23.9 Å². The van der Waals surface area contributed by atoms with E-state index in [0.717, 1.165) is 37.5 Å². The number of nitrogens with zero attached hydrogens (tertiary/aromatic N) is 2. The molecule has 0 aliphatic carbocycles. The minimum Gasteiger partial charge on any atom is -0.396 e. The number of hydrogen-bond acceptors (Lipinski definition) is 5. The molecule has 1 fully saturated rings. The van der Waals surface area contributed by atoms with Crippen molar-refractivity contribution in [3.05, 3.63) is 22.7 Å². The van der Waals surface area contributed by atoms with Crippen molar-refractivity contribution in [2.45, 2.75) is 33.1 Å². The largest absolute Gasteiger partial charge is 0.396 e. The molecular weight excluding hydrogens is 286 g/mol. The maximum atomic E-state index is 11.2. The molecule has 0 spiro atoms. The van der Waals surface area contributed by atoms with Crippen LogP contribution in [0.5, 0.6) is 0 Å². The van der Waals surface area contributed by atoms with Gasteiger partial charge in [-0.15, -0.1) is 11.3 Å². The van der Waals surface area contributed by atoms with Crippen molar-refractivity contribution in [1.82, 2.24) is 4.98 Å². The van der Waals surface area contributed by atoms with Crippen molar-refractivity contribution >= 4 is 22.4 Å². The van der Waals surface area contributed by atoms with Crippen LogP contribution in [-0.4, -0.2) is 35.7 Å². The van der Waals surface area contributed by atoms with Crippen molar-refractivity contribution in [3.63, 3.8) is 0 Å². The molecule has 0 radical (unpaired) electrons. The molecule has 3 N–H and O–H groups in total. The van der Waals surface area contributed by atoms with E-state index in [4.69, 9.17) is 5.73 Å². The van der Waals surface area contributed by atoms with Gasteiger partial charge in [0.25, 0.3) is 5.91 Å². The second-order valence-electron chi connectivity index (χ2n) is 6.05. The van der Waals surface area contributed by atoms with Gasteiger partial charge >= 0.3 is 0 Å². The molecule has 2 rings (SSSR count). The average Bonchev–Trinajstić information content (AvgIpc) is 2.95. The Morgan fingerprint density at radius 1 is 1.62 bits per heavy atom. The van der Waals surface area contributed by atoms with Gasteiger partial charge in [0.15, 0.2) is 5.13 Å². The van der Waals surface area contributed by atoms with Gasteiger partial charge < -0.3 is 15.7 Å². The average molecular weight is 309 g/mol. The number of aliphatic hydroxyl groups is 1. The standard InChI is InChI=1S/C15H23N3O2S/c1-11(2)4-6-15(10-19)5-3-7-18(9-15)14-17-12(8-21-14)13(16)20/h4,8,19H,3,5-7,9-10H2,1-2H3,(H2,16,20)/t15-/m0/s1. The fourth-order valence-electron chi connectivity index (χ4n) is 2.67. The van der Waals surface area contributed by atoms with Crippen LogP contribution in [0.2, 0.25) is 0 Å². The Kier molecular flexibility index (Phi) is 5.00. The fraction of sp³-hybridized carbons (Fsp3) is 0.600. The molecule has 116 valence electrons. The molecule has 0 unspecified atom stereocenters. The van der Waals surface area contributed by atoms with E-state index >= 15 is 0 Å². The third kappa shape index (κ3) is 3.83. The third-order valence-electron chi connectivity index (χ3n) is 3.96.